The maximum atomic E-state index is 11.1. The average Bonchev–Trinajstić information content (AvgIpc) is 2.79. The van der Waals surface area contributed by atoms with E-state index in [-0.39, 0.29) is 5.91 Å². The first kappa shape index (κ1) is 13.9. The van der Waals surface area contributed by atoms with Crippen molar-refractivity contribution in [1.82, 2.24) is 4.98 Å². The number of nitrogens with one attached hydrogen (secondary N) is 2. The summed E-state index contributed by atoms with van der Waals surface area (Å²) in [6, 6.07) is 13.1. The van der Waals surface area contributed by atoms with Gasteiger partial charge in [-0.15, -0.1) is 0 Å². The second kappa shape index (κ2) is 5.71. The van der Waals surface area contributed by atoms with E-state index in [4.69, 9.17) is 11.6 Å². The first-order valence-corrected chi connectivity index (χ1v) is 7.50. The lowest BCUT2D eigenvalue weighted by atomic mass is 10.3. The molecule has 3 aromatic rings. The zero-order valence-corrected chi connectivity index (χ0v) is 12.8. The molecule has 1 aromatic heterocycles. The van der Waals surface area contributed by atoms with Crippen LogP contribution in [0.4, 0.5) is 16.5 Å². The number of hydrogen-bond acceptors (Lipinski definition) is 4. The number of rotatable bonds is 3. The van der Waals surface area contributed by atoms with Gasteiger partial charge < -0.3 is 10.6 Å². The van der Waals surface area contributed by atoms with Gasteiger partial charge >= 0.3 is 0 Å². The predicted octanol–water partition coefficient (Wildman–Crippen LogP) is 4.65. The summed E-state index contributed by atoms with van der Waals surface area (Å²) in [5.41, 5.74) is 2.48. The first-order valence-electron chi connectivity index (χ1n) is 6.31. The van der Waals surface area contributed by atoms with Gasteiger partial charge in [0.15, 0.2) is 5.13 Å². The van der Waals surface area contributed by atoms with Crippen molar-refractivity contribution in [2.75, 3.05) is 10.6 Å². The van der Waals surface area contributed by atoms with Crippen LogP contribution in [0.15, 0.2) is 42.5 Å². The molecule has 0 aliphatic carbocycles. The third-order valence-electron chi connectivity index (χ3n) is 2.78. The summed E-state index contributed by atoms with van der Waals surface area (Å²) < 4.78 is 1.07. The van der Waals surface area contributed by atoms with Gasteiger partial charge in [0, 0.05) is 23.3 Å². The van der Waals surface area contributed by atoms with E-state index in [0.29, 0.717) is 5.02 Å². The van der Waals surface area contributed by atoms with Gasteiger partial charge in [-0.25, -0.2) is 4.98 Å². The van der Waals surface area contributed by atoms with Crippen LogP contribution in [-0.4, -0.2) is 10.9 Å². The molecule has 0 fully saturated rings. The lowest BCUT2D eigenvalue weighted by Crippen LogP contribution is -2.05. The van der Waals surface area contributed by atoms with E-state index < -0.39 is 0 Å². The Morgan fingerprint density at radius 3 is 2.81 bits per heavy atom. The molecule has 4 nitrogen and oxygen atoms in total. The molecule has 0 saturated carbocycles. The third-order valence-corrected chi connectivity index (χ3v) is 3.97. The summed E-state index contributed by atoms with van der Waals surface area (Å²) in [6.45, 7) is 1.48. The number of hydrogen-bond donors (Lipinski definition) is 2. The minimum atomic E-state index is -0.0956. The van der Waals surface area contributed by atoms with E-state index in [1.54, 1.807) is 11.3 Å². The topological polar surface area (TPSA) is 54.0 Å². The summed E-state index contributed by atoms with van der Waals surface area (Å²) in [7, 11) is 0. The van der Waals surface area contributed by atoms with Crippen molar-refractivity contribution >= 4 is 55.6 Å². The van der Waals surface area contributed by atoms with Crippen molar-refractivity contribution in [2.24, 2.45) is 0 Å². The smallest absolute Gasteiger partial charge is 0.221 e. The number of fused-ring (bicyclic) bond motifs is 1. The Labute approximate surface area is 130 Å². The van der Waals surface area contributed by atoms with Gasteiger partial charge in [-0.05, 0) is 36.4 Å². The first-order chi connectivity index (χ1) is 10.1. The number of halogens is 1. The molecule has 0 bridgehead atoms. The molecule has 1 heterocycles. The van der Waals surface area contributed by atoms with Gasteiger partial charge in [0.1, 0.15) is 0 Å². The molecule has 0 saturated heterocycles. The molecule has 0 spiro atoms. The highest BCUT2D eigenvalue weighted by molar-refractivity contribution is 7.22. The third kappa shape index (κ3) is 3.32. The number of benzene rings is 2. The quantitative estimate of drug-likeness (QED) is 0.739. The molecular formula is C15H12ClN3OS. The van der Waals surface area contributed by atoms with E-state index in [1.807, 2.05) is 42.5 Å². The highest BCUT2D eigenvalue weighted by Gasteiger charge is 2.05. The van der Waals surface area contributed by atoms with Crippen LogP contribution in [0.2, 0.25) is 5.02 Å². The van der Waals surface area contributed by atoms with E-state index in [0.717, 1.165) is 26.7 Å². The Kier molecular flexibility index (Phi) is 3.77. The number of nitrogens with zero attached hydrogens (tertiary/aromatic N) is 1. The highest BCUT2D eigenvalue weighted by Crippen LogP contribution is 2.30. The van der Waals surface area contributed by atoms with Crippen molar-refractivity contribution < 1.29 is 4.79 Å². The van der Waals surface area contributed by atoms with Crippen LogP contribution < -0.4 is 10.6 Å². The molecule has 21 heavy (non-hydrogen) atoms. The fourth-order valence-electron chi connectivity index (χ4n) is 1.96. The van der Waals surface area contributed by atoms with E-state index in [1.165, 1.54) is 6.92 Å². The van der Waals surface area contributed by atoms with Crippen molar-refractivity contribution in [2.45, 2.75) is 6.92 Å². The highest BCUT2D eigenvalue weighted by atomic mass is 35.5. The van der Waals surface area contributed by atoms with Gasteiger partial charge in [0.2, 0.25) is 5.91 Å². The number of amides is 1. The van der Waals surface area contributed by atoms with Crippen molar-refractivity contribution in [1.29, 1.82) is 0 Å². The van der Waals surface area contributed by atoms with Crippen LogP contribution >= 0.6 is 22.9 Å². The molecule has 3 rings (SSSR count). The second-order valence-corrected chi connectivity index (χ2v) is 5.99. The summed E-state index contributed by atoms with van der Waals surface area (Å²) in [5, 5.41) is 7.45. The van der Waals surface area contributed by atoms with Gasteiger partial charge in [0.25, 0.3) is 0 Å². The number of carbonyl (C=O) groups is 1. The van der Waals surface area contributed by atoms with E-state index >= 15 is 0 Å². The summed E-state index contributed by atoms with van der Waals surface area (Å²) in [5.74, 6) is -0.0956. The normalized spacial score (nSPS) is 10.6. The van der Waals surface area contributed by atoms with Crippen LogP contribution in [0.5, 0.6) is 0 Å². The maximum Gasteiger partial charge on any atom is 0.221 e. The molecule has 6 heteroatoms. The largest absolute Gasteiger partial charge is 0.331 e. The summed E-state index contributed by atoms with van der Waals surface area (Å²) >= 11 is 7.51. The minimum absolute atomic E-state index is 0.0956. The summed E-state index contributed by atoms with van der Waals surface area (Å²) in [4.78, 5) is 15.6. The number of thiazole rings is 1. The van der Waals surface area contributed by atoms with E-state index in [2.05, 4.69) is 15.6 Å². The Morgan fingerprint density at radius 2 is 2.00 bits per heavy atom. The molecule has 2 N–H and O–H groups in total. The van der Waals surface area contributed by atoms with Gasteiger partial charge in [-0.2, -0.15) is 0 Å². The molecule has 0 unspecified atom stereocenters. The van der Waals surface area contributed by atoms with Gasteiger partial charge in [-0.1, -0.05) is 29.0 Å². The molecular weight excluding hydrogens is 306 g/mol. The molecule has 0 aliphatic heterocycles. The Morgan fingerprint density at radius 1 is 1.19 bits per heavy atom. The van der Waals surface area contributed by atoms with Crippen LogP contribution in [0.3, 0.4) is 0 Å². The molecule has 0 atom stereocenters. The standard InChI is InChI=1S/C15H12ClN3OS/c1-9(20)17-11-3-2-4-12(8-11)18-15-19-13-7-10(16)5-6-14(13)21-15/h2-8H,1H3,(H,17,20)(H,18,19). The number of anilines is 3. The van der Waals surface area contributed by atoms with Gasteiger partial charge in [0.05, 0.1) is 10.2 Å². The zero-order chi connectivity index (χ0) is 14.8. The fourth-order valence-corrected chi connectivity index (χ4v) is 2.99. The Bertz CT molecular complexity index is 816. The maximum absolute atomic E-state index is 11.1. The molecule has 0 aliphatic rings. The van der Waals surface area contributed by atoms with Crippen LogP contribution in [0.25, 0.3) is 10.2 Å². The van der Waals surface area contributed by atoms with Crippen molar-refractivity contribution in [3.8, 4) is 0 Å². The Hall–Kier alpha value is -2.11. The fraction of sp³-hybridized carbons (Fsp3) is 0.0667. The average molecular weight is 318 g/mol. The van der Waals surface area contributed by atoms with Crippen molar-refractivity contribution in [3.63, 3.8) is 0 Å². The number of carbonyl (C=O) groups excluding carboxylic acids is 1. The predicted molar refractivity (Wildman–Crippen MR) is 88.7 cm³/mol. The SMILES string of the molecule is CC(=O)Nc1cccc(Nc2nc3cc(Cl)ccc3s2)c1. The minimum Gasteiger partial charge on any atom is -0.331 e. The number of aromatic nitrogens is 1. The van der Waals surface area contributed by atoms with Gasteiger partial charge in [-0.3, -0.25) is 4.79 Å². The second-order valence-electron chi connectivity index (χ2n) is 4.52. The summed E-state index contributed by atoms with van der Waals surface area (Å²) in [6.07, 6.45) is 0. The molecule has 0 radical (unpaired) electrons. The molecule has 2 aromatic carbocycles. The van der Waals surface area contributed by atoms with Crippen LogP contribution in [-0.2, 0) is 4.79 Å². The Balaban J connectivity index is 1.86. The molecule has 106 valence electrons. The lowest BCUT2D eigenvalue weighted by molar-refractivity contribution is -0.114. The van der Waals surface area contributed by atoms with Crippen molar-refractivity contribution in [3.05, 3.63) is 47.5 Å². The zero-order valence-electron chi connectivity index (χ0n) is 11.2. The monoisotopic (exact) mass is 317 g/mol. The van der Waals surface area contributed by atoms with E-state index in [9.17, 15) is 4.79 Å². The lowest BCUT2D eigenvalue weighted by Gasteiger charge is -2.06. The molecule has 1 amide bonds. The van der Waals surface area contributed by atoms with Crippen LogP contribution in [0.1, 0.15) is 6.92 Å². The van der Waals surface area contributed by atoms with Crippen LogP contribution in [0, 0.1) is 0 Å².